The first-order chi connectivity index (χ1) is 6.81. The predicted octanol–water partition coefficient (Wildman–Crippen LogP) is 2.66. The molecule has 78 valence electrons. The van der Waals surface area contributed by atoms with E-state index >= 15 is 0 Å². The Labute approximate surface area is 92.8 Å². The molecule has 1 saturated carbocycles. The standard InChI is InChI=1S/C10H13ClO2S/c1-12-10-8(11)5-9(10)13-6-7-3-2-4-14-7/h2-4,8-10H,5-6H2,1H3. The maximum absolute atomic E-state index is 5.97. The van der Waals surface area contributed by atoms with Gasteiger partial charge in [0.1, 0.15) is 0 Å². The first-order valence-corrected chi connectivity index (χ1v) is 5.93. The largest absolute Gasteiger partial charge is 0.377 e. The lowest BCUT2D eigenvalue weighted by Gasteiger charge is -2.39. The summed E-state index contributed by atoms with van der Waals surface area (Å²) in [6.45, 7) is 0.672. The summed E-state index contributed by atoms with van der Waals surface area (Å²) in [4.78, 5) is 1.25. The normalized spacial score (nSPS) is 31.4. The zero-order valence-electron chi connectivity index (χ0n) is 7.98. The fraction of sp³-hybridized carbons (Fsp3) is 0.600. The minimum absolute atomic E-state index is 0.0663. The summed E-state index contributed by atoms with van der Waals surface area (Å²) in [5.41, 5.74) is 0. The maximum Gasteiger partial charge on any atom is 0.0997 e. The van der Waals surface area contributed by atoms with Crippen molar-refractivity contribution in [3.63, 3.8) is 0 Å². The Bertz CT molecular complexity index is 276. The molecule has 0 aliphatic heterocycles. The van der Waals surface area contributed by atoms with Crippen LogP contribution in [0.5, 0.6) is 0 Å². The summed E-state index contributed by atoms with van der Waals surface area (Å²) in [7, 11) is 1.68. The van der Waals surface area contributed by atoms with E-state index in [4.69, 9.17) is 21.1 Å². The van der Waals surface area contributed by atoms with E-state index in [0.29, 0.717) is 6.61 Å². The Kier molecular flexibility index (Phi) is 3.44. The molecule has 0 radical (unpaired) electrons. The molecule has 0 amide bonds. The van der Waals surface area contributed by atoms with E-state index in [9.17, 15) is 0 Å². The average Bonchev–Trinajstić information content (AvgIpc) is 2.65. The van der Waals surface area contributed by atoms with Crippen molar-refractivity contribution in [3.05, 3.63) is 22.4 Å². The molecule has 0 N–H and O–H groups in total. The first-order valence-electron chi connectivity index (χ1n) is 4.62. The van der Waals surface area contributed by atoms with E-state index in [0.717, 1.165) is 6.42 Å². The molecule has 4 heteroatoms. The smallest absolute Gasteiger partial charge is 0.0997 e. The Morgan fingerprint density at radius 1 is 1.64 bits per heavy atom. The Hall–Kier alpha value is -0.0900. The third kappa shape index (κ3) is 2.11. The quantitative estimate of drug-likeness (QED) is 0.744. The molecular weight excluding hydrogens is 220 g/mol. The molecule has 0 bridgehead atoms. The highest BCUT2D eigenvalue weighted by atomic mass is 35.5. The predicted molar refractivity (Wildman–Crippen MR) is 58.0 cm³/mol. The molecule has 1 aliphatic rings. The minimum Gasteiger partial charge on any atom is -0.377 e. The van der Waals surface area contributed by atoms with Gasteiger partial charge in [0.05, 0.1) is 24.2 Å². The summed E-state index contributed by atoms with van der Waals surface area (Å²) in [5, 5.41) is 2.17. The summed E-state index contributed by atoms with van der Waals surface area (Å²) in [5.74, 6) is 0. The molecule has 1 aliphatic carbocycles. The van der Waals surface area contributed by atoms with Gasteiger partial charge in [0.25, 0.3) is 0 Å². The lowest BCUT2D eigenvalue weighted by atomic mass is 9.91. The number of halogens is 1. The van der Waals surface area contributed by atoms with E-state index in [1.807, 2.05) is 6.07 Å². The van der Waals surface area contributed by atoms with Crippen LogP contribution in [0.25, 0.3) is 0 Å². The lowest BCUT2D eigenvalue weighted by molar-refractivity contribution is -0.115. The number of hydrogen-bond donors (Lipinski definition) is 0. The molecule has 3 unspecified atom stereocenters. The van der Waals surface area contributed by atoms with Gasteiger partial charge in [0, 0.05) is 12.0 Å². The second kappa shape index (κ2) is 4.62. The van der Waals surface area contributed by atoms with Crippen LogP contribution in [0.15, 0.2) is 17.5 Å². The monoisotopic (exact) mass is 232 g/mol. The van der Waals surface area contributed by atoms with Crippen LogP contribution in [0.3, 0.4) is 0 Å². The van der Waals surface area contributed by atoms with Crippen molar-refractivity contribution in [1.29, 1.82) is 0 Å². The maximum atomic E-state index is 5.97. The van der Waals surface area contributed by atoms with Crippen LogP contribution in [-0.4, -0.2) is 24.7 Å². The zero-order valence-corrected chi connectivity index (χ0v) is 9.55. The number of hydrogen-bond acceptors (Lipinski definition) is 3. The van der Waals surface area contributed by atoms with Gasteiger partial charge in [-0.25, -0.2) is 0 Å². The van der Waals surface area contributed by atoms with Gasteiger partial charge in [-0.2, -0.15) is 0 Å². The molecule has 0 spiro atoms. The zero-order chi connectivity index (χ0) is 9.97. The van der Waals surface area contributed by atoms with Crippen molar-refractivity contribution in [2.45, 2.75) is 30.6 Å². The molecule has 3 atom stereocenters. The number of methoxy groups -OCH3 is 1. The van der Waals surface area contributed by atoms with Crippen LogP contribution in [0, 0.1) is 0 Å². The van der Waals surface area contributed by atoms with Crippen LogP contribution >= 0.6 is 22.9 Å². The van der Waals surface area contributed by atoms with Crippen molar-refractivity contribution in [3.8, 4) is 0 Å². The van der Waals surface area contributed by atoms with Gasteiger partial charge < -0.3 is 9.47 Å². The molecule has 2 rings (SSSR count). The van der Waals surface area contributed by atoms with Crippen molar-refractivity contribution in [1.82, 2.24) is 0 Å². The number of rotatable bonds is 4. The molecule has 0 saturated heterocycles. The third-order valence-corrected chi connectivity index (χ3v) is 3.75. The van der Waals surface area contributed by atoms with Crippen LogP contribution in [0.4, 0.5) is 0 Å². The first kappa shape index (κ1) is 10.4. The summed E-state index contributed by atoms with van der Waals surface area (Å²) in [6.07, 6.45) is 1.13. The number of alkyl halides is 1. The van der Waals surface area contributed by atoms with Gasteiger partial charge in [0.15, 0.2) is 0 Å². The lowest BCUT2D eigenvalue weighted by Crippen LogP contribution is -2.50. The highest BCUT2D eigenvalue weighted by molar-refractivity contribution is 7.09. The Balaban J connectivity index is 1.77. The topological polar surface area (TPSA) is 18.5 Å². The van der Waals surface area contributed by atoms with Crippen LogP contribution in [0.1, 0.15) is 11.3 Å². The van der Waals surface area contributed by atoms with E-state index in [-0.39, 0.29) is 17.6 Å². The molecule has 14 heavy (non-hydrogen) atoms. The van der Waals surface area contributed by atoms with Crippen LogP contribution in [0.2, 0.25) is 0 Å². The summed E-state index contributed by atoms with van der Waals surface area (Å²) < 4.78 is 10.9. The van der Waals surface area contributed by atoms with E-state index < -0.39 is 0 Å². The molecule has 1 fully saturated rings. The van der Waals surface area contributed by atoms with Crippen molar-refractivity contribution >= 4 is 22.9 Å². The average molecular weight is 233 g/mol. The molecule has 0 aromatic carbocycles. The fourth-order valence-corrected chi connectivity index (χ4v) is 2.64. The third-order valence-electron chi connectivity index (χ3n) is 2.47. The highest BCUT2D eigenvalue weighted by Gasteiger charge is 2.41. The van der Waals surface area contributed by atoms with Gasteiger partial charge >= 0.3 is 0 Å². The van der Waals surface area contributed by atoms with Gasteiger partial charge in [-0.05, 0) is 17.9 Å². The van der Waals surface area contributed by atoms with Gasteiger partial charge in [0.2, 0.25) is 0 Å². The van der Waals surface area contributed by atoms with Crippen LogP contribution < -0.4 is 0 Å². The molecule has 1 aromatic heterocycles. The van der Waals surface area contributed by atoms with E-state index in [1.165, 1.54) is 4.88 Å². The molecule has 1 heterocycles. The van der Waals surface area contributed by atoms with Gasteiger partial charge in [-0.3, -0.25) is 0 Å². The highest BCUT2D eigenvalue weighted by Crippen LogP contribution is 2.32. The summed E-state index contributed by atoms with van der Waals surface area (Å²) >= 11 is 7.68. The number of ether oxygens (including phenoxy) is 2. The van der Waals surface area contributed by atoms with E-state index in [1.54, 1.807) is 18.4 Å². The van der Waals surface area contributed by atoms with Crippen molar-refractivity contribution < 1.29 is 9.47 Å². The van der Waals surface area contributed by atoms with E-state index in [2.05, 4.69) is 11.4 Å². The minimum atomic E-state index is 0.0663. The number of thiophene rings is 1. The summed E-state index contributed by atoms with van der Waals surface area (Å²) in [6, 6.07) is 4.10. The van der Waals surface area contributed by atoms with Crippen LogP contribution in [-0.2, 0) is 16.1 Å². The van der Waals surface area contributed by atoms with Crippen molar-refractivity contribution in [2.75, 3.05) is 7.11 Å². The second-order valence-corrected chi connectivity index (χ2v) is 4.97. The molecule has 2 nitrogen and oxygen atoms in total. The fourth-order valence-electron chi connectivity index (χ4n) is 1.57. The second-order valence-electron chi connectivity index (χ2n) is 3.38. The van der Waals surface area contributed by atoms with Gasteiger partial charge in [-0.1, -0.05) is 6.07 Å². The molecular formula is C10H13ClO2S. The van der Waals surface area contributed by atoms with Gasteiger partial charge in [-0.15, -0.1) is 22.9 Å². The van der Waals surface area contributed by atoms with Crippen molar-refractivity contribution in [2.24, 2.45) is 0 Å². The SMILES string of the molecule is COC1C(Cl)CC1OCc1cccs1. The Morgan fingerprint density at radius 3 is 3.07 bits per heavy atom. The Morgan fingerprint density at radius 2 is 2.50 bits per heavy atom. The molecule has 1 aromatic rings.